The lowest BCUT2D eigenvalue weighted by atomic mass is 10.1. The van der Waals surface area contributed by atoms with Crippen LogP contribution >= 0.6 is 0 Å². The van der Waals surface area contributed by atoms with E-state index in [-0.39, 0.29) is 16.5 Å². The molecule has 1 N–H and O–H groups in total. The maximum atomic E-state index is 13.7. The first kappa shape index (κ1) is 17.6. The van der Waals surface area contributed by atoms with Gasteiger partial charge in [-0.25, -0.2) is 17.6 Å². The van der Waals surface area contributed by atoms with Crippen molar-refractivity contribution in [1.82, 2.24) is 4.31 Å². The van der Waals surface area contributed by atoms with Crippen molar-refractivity contribution in [3.63, 3.8) is 0 Å². The van der Waals surface area contributed by atoms with E-state index in [2.05, 4.69) is 0 Å². The van der Waals surface area contributed by atoms with Crippen molar-refractivity contribution in [3.8, 4) is 0 Å². The maximum absolute atomic E-state index is 13.7. The number of sulfonamides is 1. The summed E-state index contributed by atoms with van der Waals surface area (Å²) >= 11 is 0. The fourth-order valence-corrected chi connectivity index (χ4v) is 3.55. The molecule has 0 fully saturated rings. The van der Waals surface area contributed by atoms with Gasteiger partial charge >= 0.3 is 5.97 Å². The summed E-state index contributed by atoms with van der Waals surface area (Å²) < 4.78 is 39.9. The van der Waals surface area contributed by atoms with E-state index in [0.717, 1.165) is 18.6 Å². The molecule has 5 nitrogen and oxygen atoms in total. The maximum Gasteiger partial charge on any atom is 0.338 e. The Hall–Kier alpha value is -1.47. The van der Waals surface area contributed by atoms with Gasteiger partial charge in [-0.3, -0.25) is 0 Å². The fourth-order valence-electron chi connectivity index (χ4n) is 2.04. The third-order valence-electron chi connectivity index (χ3n) is 3.46. The van der Waals surface area contributed by atoms with Crippen LogP contribution in [-0.4, -0.2) is 36.9 Å². The zero-order valence-electron chi connectivity index (χ0n) is 12.6. The number of aryl methyl sites for hydroxylation is 1. The van der Waals surface area contributed by atoms with Crippen molar-refractivity contribution in [2.24, 2.45) is 0 Å². The van der Waals surface area contributed by atoms with Gasteiger partial charge < -0.3 is 5.11 Å². The highest BCUT2D eigenvalue weighted by atomic mass is 32.2. The van der Waals surface area contributed by atoms with Crippen molar-refractivity contribution in [2.45, 2.75) is 44.6 Å². The highest BCUT2D eigenvalue weighted by Crippen LogP contribution is 2.23. The second-order valence-electron chi connectivity index (χ2n) is 5.07. The molecule has 0 heterocycles. The Kier molecular flexibility index (Phi) is 5.47. The topological polar surface area (TPSA) is 74.7 Å². The lowest BCUT2D eigenvalue weighted by Gasteiger charge is -2.24. The molecule has 0 radical (unpaired) electrons. The molecule has 0 amide bonds. The van der Waals surface area contributed by atoms with Gasteiger partial charge in [-0.05, 0) is 38.0 Å². The average molecular weight is 317 g/mol. The van der Waals surface area contributed by atoms with E-state index in [4.69, 9.17) is 5.11 Å². The quantitative estimate of drug-likeness (QED) is 0.875. The lowest BCUT2D eigenvalue weighted by molar-refractivity contribution is 0.0691. The van der Waals surface area contributed by atoms with E-state index < -0.39 is 27.4 Å². The molecule has 118 valence electrons. The van der Waals surface area contributed by atoms with Crippen LogP contribution < -0.4 is 0 Å². The van der Waals surface area contributed by atoms with Gasteiger partial charge in [-0.2, -0.15) is 4.31 Å². The largest absolute Gasteiger partial charge is 0.478 e. The molecule has 0 aliphatic carbocycles. The van der Waals surface area contributed by atoms with Gasteiger partial charge in [0, 0.05) is 13.1 Å². The summed E-state index contributed by atoms with van der Waals surface area (Å²) in [4.78, 5) is 10.8. The van der Waals surface area contributed by atoms with E-state index in [0.29, 0.717) is 6.42 Å². The molecule has 1 rings (SSSR count). The first-order chi connectivity index (χ1) is 9.62. The van der Waals surface area contributed by atoms with Crippen molar-refractivity contribution in [3.05, 3.63) is 29.1 Å². The monoisotopic (exact) mass is 317 g/mol. The molecule has 1 aromatic carbocycles. The zero-order valence-corrected chi connectivity index (χ0v) is 13.4. The van der Waals surface area contributed by atoms with Crippen LogP contribution in [0.4, 0.5) is 4.39 Å². The Morgan fingerprint density at radius 1 is 1.43 bits per heavy atom. The number of halogens is 1. The van der Waals surface area contributed by atoms with Crippen molar-refractivity contribution >= 4 is 16.0 Å². The highest BCUT2D eigenvalue weighted by molar-refractivity contribution is 7.89. The highest BCUT2D eigenvalue weighted by Gasteiger charge is 2.27. The van der Waals surface area contributed by atoms with E-state index in [9.17, 15) is 17.6 Å². The lowest BCUT2D eigenvalue weighted by Crippen LogP contribution is -2.35. The van der Waals surface area contributed by atoms with Crippen LogP contribution in [0.15, 0.2) is 17.0 Å². The molecule has 0 bridgehead atoms. The summed E-state index contributed by atoms with van der Waals surface area (Å²) in [6, 6.07) is 1.81. The van der Waals surface area contributed by atoms with Crippen molar-refractivity contribution < 1.29 is 22.7 Å². The Labute approximate surface area is 124 Å². The molecule has 1 unspecified atom stereocenters. The van der Waals surface area contributed by atoms with Crippen LogP contribution in [0.25, 0.3) is 0 Å². The van der Waals surface area contributed by atoms with E-state index in [1.807, 2.05) is 6.92 Å². The molecule has 21 heavy (non-hydrogen) atoms. The van der Waals surface area contributed by atoms with Gasteiger partial charge in [-0.1, -0.05) is 13.3 Å². The van der Waals surface area contributed by atoms with Crippen molar-refractivity contribution in [2.75, 3.05) is 7.05 Å². The summed E-state index contributed by atoms with van der Waals surface area (Å²) in [5.74, 6) is -2.40. The number of rotatable bonds is 6. The SMILES string of the molecule is CCCC(C)N(C)S(=O)(=O)c1cc(C)c(F)c(C(=O)O)c1. The third-order valence-corrected chi connectivity index (χ3v) is 5.41. The predicted molar refractivity (Wildman–Crippen MR) is 77.4 cm³/mol. The molecule has 1 atom stereocenters. The molecule has 0 aliphatic heterocycles. The molecule has 0 spiro atoms. The molecule has 0 saturated carbocycles. The normalized spacial score (nSPS) is 13.4. The van der Waals surface area contributed by atoms with Crippen LogP contribution in [0, 0.1) is 12.7 Å². The number of hydrogen-bond donors (Lipinski definition) is 1. The molecule has 0 aliphatic rings. The molecule has 7 heteroatoms. The minimum absolute atomic E-state index is 0.00924. The minimum Gasteiger partial charge on any atom is -0.478 e. The Balaban J connectivity index is 3.36. The molecular weight excluding hydrogens is 297 g/mol. The van der Waals surface area contributed by atoms with Crippen LogP contribution in [-0.2, 0) is 10.0 Å². The van der Waals surface area contributed by atoms with Crippen LogP contribution in [0.5, 0.6) is 0 Å². The van der Waals surface area contributed by atoms with Gasteiger partial charge in [0.25, 0.3) is 0 Å². The van der Waals surface area contributed by atoms with Gasteiger partial charge in [0.15, 0.2) is 0 Å². The minimum atomic E-state index is -3.85. The Morgan fingerprint density at radius 3 is 2.48 bits per heavy atom. The van der Waals surface area contributed by atoms with Gasteiger partial charge in [-0.15, -0.1) is 0 Å². The number of benzene rings is 1. The molecular formula is C14H20FNO4S. The standard InChI is InChI=1S/C14H20FNO4S/c1-5-6-10(3)16(4)21(19,20)11-7-9(2)13(15)12(8-11)14(17)18/h7-8,10H,5-6H2,1-4H3,(H,17,18). The zero-order chi connectivity index (χ0) is 16.4. The van der Waals surface area contributed by atoms with E-state index in [1.54, 1.807) is 6.92 Å². The Morgan fingerprint density at radius 2 is 2.00 bits per heavy atom. The van der Waals surface area contributed by atoms with Gasteiger partial charge in [0.2, 0.25) is 10.0 Å². The molecule has 0 saturated heterocycles. The third kappa shape index (κ3) is 3.59. The summed E-state index contributed by atoms with van der Waals surface area (Å²) in [5.41, 5.74) is -0.643. The first-order valence-corrected chi connectivity index (χ1v) is 8.08. The predicted octanol–water partition coefficient (Wildman–Crippen LogP) is 2.64. The number of carboxylic acid groups (broad SMARTS) is 1. The van der Waals surface area contributed by atoms with Crippen molar-refractivity contribution in [1.29, 1.82) is 0 Å². The van der Waals surface area contributed by atoms with E-state index in [1.165, 1.54) is 18.3 Å². The van der Waals surface area contributed by atoms with Gasteiger partial charge in [0.1, 0.15) is 5.82 Å². The summed E-state index contributed by atoms with van der Waals surface area (Å²) in [5, 5.41) is 8.96. The second kappa shape index (κ2) is 6.53. The average Bonchev–Trinajstić information content (AvgIpc) is 2.40. The number of nitrogens with zero attached hydrogens (tertiary/aromatic N) is 1. The summed E-state index contributed by atoms with van der Waals surface area (Å²) in [6.07, 6.45) is 1.51. The van der Waals surface area contributed by atoms with E-state index >= 15 is 0 Å². The fraction of sp³-hybridized carbons (Fsp3) is 0.500. The second-order valence-corrected chi connectivity index (χ2v) is 7.06. The van der Waals surface area contributed by atoms with Crippen LogP contribution in [0.1, 0.15) is 42.6 Å². The number of aromatic carboxylic acids is 1. The number of hydrogen-bond acceptors (Lipinski definition) is 3. The molecule has 0 aromatic heterocycles. The summed E-state index contributed by atoms with van der Waals surface area (Å²) in [6.45, 7) is 5.06. The van der Waals surface area contributed by atoms with Gasteiger partial charge in [0.05, 0.1) is 10.5 Å². The van der Waals surface area contributed by atoms with Crippen LogP contribution in [0.2, 0.25) is 0 Å². The molecule has 1 aromatic rings. The summed E-state index contributed by atoms with van der Waals surface area (Å²) in [7, 11) is -2.41. The van der Waals surface area contributed by atoms with Crippen LogP contribution in [0.3, 0.4) is 0 Å². The number of carboxylic acids is 1. The Bertz CT molecular complexity index is 643. The number of carbonyl (C=O) groups is 1. The first-order valence-electron chi connectivity index (χ1n) is 6.64. The smallest absolute Gasteiger partial charge is 0.338 e.